The Hall–Kier alpha value is -3.49. The first-order chi connectivity index (χ1) is 15.0. The number of hydrogen-bond acceptors (Lipinski definition) is 5. The van der Waals surface area contributed by atoms with E-state index in [0.717, 1.165) is 10.6 Å². The van der Waals surface area contributed by atoms with E-state index in [1.807, 2.05) is 24.4 Å². The minimum Gasteiger partial charge on any atom is -0.494 e. The van der Waals surface area contributed by atoms with Gasteiger partial charge in [-0.2, -0.15) is 0 Å². The molecule has 0 spiro atoms. The summed E-state index contributed by atoms with van der Waals surface area (Å²) in [6.07, 6.45) is 3.12. The van der Waals surface area contributed by atoms with Crippen molar-refractivity contribution in [3.8, 4) is 5.75 Å². The molecule has 0 atom stereocenters. The van der Waals surface area contributed by atoms with E-state index in [2.05, 4.69) is 16.0 Å². The van der Waals surface area contributed by atoms with E-state index in [-0.39, 0.29) is 16.9 Å². The Morgan fingerprint density at radius 1 is 1.03 bits per heavy atom. The first kappa shape index (κ1) is 22.2. The van der Waals surface area contributed by atoms with Crippen LogP contribution in [0.3, 0.4) is 0 Å². The van der Waals surface area contributed by atoms with Gasteiger partial charge in [0.2, 0.25) is 5.91 Å². The van der Waals surface area contributed by atoms with E-state index in [9.17, 15) is 9.59 Å². The van der Waals surface area contributed by atoms with Crippen molar-refractivity contribution in [3.63, 3.8) is 0 Å². The molecule has 2 amide bonds. The average Bonchev–Trinajstić information content (AvgIpc) is 3.28. The molecule has 158 valence electrons. The number of anilines is 2. The molecule has 0 saturated carbocycles. The fourth-order valence-corrected chi connectivity index (χ4v) is 3.47. The zero-order valence-corrected chi connectivity index (χ0v) is 18.4. The van der Waals surface area contributed by atoms with Crippen molar-refractivity contribution in [2.24, 2.45) is 0 Å². The van der Waals surface area contributed by atoms with Crippen LogP contribution in [0.15, 0.2) is 72.1 Å². The predicted molar refractivity (Wildman–Crippen MR) is 130 cm³/mol. The predicted octanol–water partition coefficient (Wildman–Crippen LogP) is 4.93. The second-order valence-electron chi connectivity index (χ2n) is 6.25. The molecule has 3 N–H and O–H groups in total. The summed E-state index contributed by atoms with van der Waals surface area (Å²) >= 11 is 6.75. The monoisotopic (exact) mass is 451 g/mol. The van der Waals surface area contributed by atoms with Gasteiger partial charge in [-0.1, -0.05) is 18.2 Å². The number of amides is 2. The lowest BCUT2D eigenvalue weighted by Gasteiger charge is -2.13. The molecular formula is C23H21N3O3S2. The SMILES string of the molecule is CCOc1ccc(NC(=O)c2ccccc2NC(=S)NC(=O)/C=C/c2cccs2)cc1. The second kappa shape index (κ2) is 11.1. The number of para-hydroxylation sites is 1. The highest BCUT2D eigenvalue weighted by Crippen LogP contribution is 2.20. The maximum atomic E-state index is 12.8. The molecule has 3 aromatic rings. The lowest BCUT2D eigenvalue weighted by molar-refractivity contribution is -0.115. The number of nitrogens with one attached hydrogen (secondary N) is 3. The van der Waals surface area contributed by atoms with Crippen LogP contribution in [0, 0.1) is 0 Å². The van der Waals surface area contributed by atoms with E-state index >= 15 is 0 Å². The highest BCUT2D eigenvalue weighted by atomic mass is 32.1. The number of thiophene rings is 1. The van der Waals surface area contributed by atoms with Crippen molar-refractivity contribution in [1.29, 1.82) is 0 Å². The molecule has 1 heterocycles. The molecule has 0 radical (unpaired) electrons. The van der Waals surface area contributed by atoms with Gasteiger partial charge in [-0.15, -0.1) is 11.3 Å². The molecule has 0 saturated heterocycles. The van der Waals surface area contributed by atoms with Crippen LogP contribution in [0.4, 0.5) is 11.4 Å². The van der Waals surface area contributed by atoms with Gasteiger partial charge >= 0.3 is 0 Å². The van der Waals surface area contributed by atoms with Crippen molar-refractivity contribution < 1.29 is 14.3 Å². The van der Waals surface area contributed by atoms with Crippen LogP contribution >= 0.6 is 23.6 Å². The number of hydrogen-bond donors (Lipinski definition) is 3. The second-order valence-corrected chi connectivity index (χ2v) is 7.64. The third kappa shape index (κ3) is 6.77. The Labute approximate surface area is 189 Å². The summed E-state index contributed by atoms with van der Waals surface area (Å²) < 4.78 is 5.41. The number of rotatable bonds is 7. The maximum Gasteiger partial charge on any atom is 0.257 e. The number of carbonyl (C=O) groups excluding carboxylic acids is 2. The highest BCUT2D eigenvalue weighted by molar-refractivity contribution is 7.80. The average molecular weight is 452 g/mol. The van der Waals surface area contributed by atoms with Crippen molar-refractivity contribution in [1.82, 2.24) is 5.32 Å². The third-order valence-electron chi connectivity index (χ3n) is 4.02. The lowest BCUT2D eigenvalue weighted by atomic mass is 10.1. The quantitative estimate of drug-likeness (QED) is 0.351. The number of benzene rings is 2. The summed E-state index contributed by atoms with van der Waals surface area (Å²) in [6.45, 7) is 2.48. The lowest BCUT2D eigenvalue weighted by Crippen LogP contribution is -2.33. The molecule has 0 unspecified atom stereocenters. The van der Waals surface area contributed by atoms with Crippen LogP contribution in [0.1, 0.15) is 22.2 Å². The van der Waals surface area contributed by atoms with E-state index in [1.165, 1.54) is 17.4 Å². The largest absolute Gasteiger partial charge is 0.494 e. The molecule has 31 heavy (non-hydrogen) atoms. The van der Waals surface area contributed by atoms with E-state index in [1.54, 1.807) is 54.6 Å². The van der Waals surface area contributed by atoms with Gasteiger partial charge in [0.05, 0.1) is 17.9 Å². The van der Waals surface area contributed by atoms with Crippen molar-refractivity contribution in [3.05, 3.63) is 82.6 Å². The van der Waals surface area contributed by atoms with Gasteiger partial charge in [0.15, 0.2) is 5.11 Å². The Morgan fingerprint density at radius 3 is 2.52 bits per heavy atom. The topological polar surface area (TPSA) is 79.5 Å². The minimum absolute atomic E-state index is 0.0992. The van der Waals surface area contributed by atoms with Gasteiger partial charge < -0.3 is 15.4 Å². The first-order valence-corrected chi connectivity index (χ1v) is 10.8. The fraction of sp³-hybridized carbons (Fsp3) is 0.0870. The molecule has 0 bridgehead atoms. The Bertz CT molecular complexity index is 1080. The summed E-state index contributed by atoms with van der Waals surface area (Å²) in [6, 6.07) is 17.8. The normalized spacial score (nSPS) is 10.5. The van der Waals surface area contributed by atoms with Gasteiger partial charge in [0, 0.05) is 16.6 Å². The summed E-state index contributed by atoms with van der Waals surface area (Å²) in [5.41, 5.74) is 1.51. The highest BCUT2D eigenvalue weighted by Gasteiger charge is 2.13. The number of ether oxygens (including phenoxy) is 1. The van der Waals surface area contributed by atoms with Crippen LogP contribution in [-0.2, 0) is 4.79 Å². The summed E-state index contributed by atoms with van der Waals surface area (Å²) in [5, 5.41) is 10.4. The van der Waals surface area contributed by atoms with E-state index in [0.29, 0.717) is 23.5 Å². The molecule has 0 fully saturated rings. The molecule has 0 aliphatic rings. The molecule has 1 aromatic heterocycles. The Balaban J connectivity index is 1.61. The van der Waals surface area contributed by atoms with Gasteiger partial charge in [-0.25, -0.2) is 0 Å². The van der Waals surface area contributed by atoms with Crippen LogP contribution in [0.25, 0.3) is 6.08 Å². The summed E-state index contributed by atoms with van der Waals surface area (Å²) in [5.74, 6) is 0.0676. The van der Waals surface area contributed by atoms with Crippen LogP contribution < -0.4 is 20.7 Å². The van der Waals surface area contributed by atoms with Gasteiger partial charge in [0.1, 0.15) is 5.75 Å². The summed E-state index contributed by atoms with van der Waals surface area (Å²) in [4.78, 5) is 25.8. The summed E-state index contributed by atoms with van der Waals surface area (Å²) in [7, 11) is 0. The van der Waals surface area contributed by atoms with E-state index < -0.39 is 0 Å². The molecule has 3 rings (SSSR count). The van der Waals surface area contributed by atoms with Gasteiger partial charge in [-0.05, 0) is 73.1 Å². The maximum absolute atomic E-state index is 12.8. The van der Waals surface area contributed by atoms with Gasteiger partial charge in [0.25, 0.3) is 5.91 Å². The zero-order valence-electron chi connectivity index (χ0n) is 16.8. The molecule has 0 aliphatic carbocycles. The number of thiocarbonyl (C=S) groups is 1. The fourth-order valence-electron chi connectivity index (χ4n) is 2.64. The van der Waals surface area contributed by atoms with Crippen LogP contribution in [0.2, 0.25) is 0 Å². The smallest absolute Gasteiger partial charge is 0.257 e. The molecule has 6 nitrogen and oxygen atoms in total. The molecule has 8 heteroatoms. The Morgan fingerprint density at radius 2 is 1.81 bits per heavy atom. The standard InChI is InChI=1S/C23H21N3O3S2/c1-2-29-17-11-9-16(10-12-17)24-22(28)19-7-3-4-8-20(19)25-23(30)26-21(27)14-13-18-6-5-15-31-18/h3-15H,2H2,1H3,(H,24,28)(H2,25,26,27,30)/b14-13+. The Kier molecular flexibility index (Phi) is 7.91. The zero-order chi connectivity index (χ0) is 22.1. The van der Waals surface area contributed by atoms with Crippen molar-refractivity contribution in [2.75, 3.05) is 17.2 Å². The minimum atomic E-state index is -0.359. The van der Waals surface area contributed by atoms with Crippen LogP contribution in [-0.4, -0.2) is 23.5 Å². The van der Waals surface area contributed by atoms with Crippen LogP contribution in [0.5, 0.6) is 5.75 Å². The molecule has 0 aliphatic heterocycles. The van der Waals surface area contributed by atoms with Gasteiger partial charge in [-0.3, -0.25) is 14.9 Å². The third-order valence-corrected chi connectivity index (χ3v) is 5.06. The van der Waals surface area contributed by atoms with Crippen molar-refractivity contribution >= 4 is 57.9 Å². The molecular weight excluding hydrogens is 430 g/mol. The first-order valence-electron chi connectivity index (χ1n) is 9.52. The molecule has 2 aromatic carbocycles. The number of carbonyl (C=O) groups is 2. The van der Waals surface area contributed by atoms with Crippen molar-refractivity contribution in [2.45, 2.75) is 6.92 Å². The van der Waals surface area contributed by atoms with E-state index in [4.69, 9.17) is 17.0 Å².